The maximum atomic E-state index is 13.0. The van der Waals surface area contributed by atoms with Crippen LogP contribution in [-0.2, 0) is 24.1 Å². The predicted octanol–water partition coefficient (Wildman–Crippen LogP) is 6.53. The molecular formula is C26H24F3N5O2S2. The molecule has 0 radical (unpaired) electrons. The van der Waals surface area contributed by atoms with E-state index in [-0.39, 0.29) is 24.0 Å². The van der Waals surface area contributed by atoms with Gasteiger partial charge in [0.25, 0.3) is 0 Å². The Hall–Kier alpha value is -3.64. The number of nitrogens with one attached hydrogen (secondary N) is 1. The van der Waals surface area contributed by atoms with Gasteiger partial charge in [0.2, 0.25) is 5.91 Å². The van der Waals surface area contributed by atoms with Crippen LogP contribution in [0.3, 0.4) is 0 Å². The van der Waals surface area contributed by atoms with Crippen LogP contribution < -0.4 is 10.1 Å². The number of aromatic nitrogens is 4. The molecule has 0 fully saturated rings. The second-order valence-electron chi connectivity index (χ2n) is 8.29. The van der Waals surface area contributed by atoms with Crippen LogP contribution in [0.4, 0.5) is 18.3 Å². The van der Waals surface area contributed by atoms with Crippen molar-refractivity contribution in [3.63, 3.8) is 0 Å². The van der Waals surface area contributed by atoms with Gasteiger partial charge in [-0.25, -0.2) is 4.98 Å². The van der Waals surface area contributed by atoms with Crippen molar-refractivity contribution in [2.24, 2.45) is 0 Å². The van der Waals surface area contributed by atoms with Gasteiger partial charge >= 0.3 is 6.18 Å². The van der Waals surface area contributed by atoms with E-state index >= 15 is 0 Å². The molecule has 0 saturated carbocycles. The van der Waals surface area contributed by atoms with Crippen LogP contribution in [-0.4, -0.2) is 31.4 Å². The molecule has 2 aromatic heterocycles. The van der Waals surface area contributed by atoms with E-state index in [4.69, 9.17) is 4.74 Å². The van der Waals surface area contributed by atoms with Gasteiger partial charge in [0.1, 0.15) is 12.4 Å². The van der Waals surface area contributed by atoms with Gasteiger partial charge in [-0.3, -0.25) is 9.36 Å². The smallest absolute Gasteiger partial charge is 0.416 e. The zero-order valence-electron chi connectivity index (χ0n) is 20.6. The summed E-state index contributed by atoms with van der Waals surface area (Å²) in [6.45, 7) is 8.05. The summed E-state index contributed by atoms with van der Waals surface area (Å²) in [6.07, 6.45) is -2.84. The van der Waals surface area contributed by atoms with Crippen molar-refractivity contribution in [2.75, 3.05) is 11.1 Å². The second kappa shape index (κ2) is 11.8. The number of thiazole rings is 1. The van der Waals surface area contributed by atoms with Crippen LogP contribution in [0, 0.1) is 13.8 Å². The molecule has 38 heavy (non-hydrogen) atoms. The molecule has 2 heterocycles. The summed E-state index contributed by atoms with van der Waals surface area (Å²) >= 11 is 2.51. The number of halogens is 3. The first-order valence-corrected chi connectivity index (χ1v) is 13.3. The molecule has 4 rings (SSSR count). The van der Waals surface area contributed by atoms with Gasteiger partial charge in [-0.15, -0.1) is 28.1 Å². The summed E-state index contributed by atoms with van der Waals surface area (Å²) in [5.74, 6) is 0.252. The molecule has 198 valence electrons. The number of rotatable bonds is 10. The lowest BCUT2D eigenvalue weighted by Gasteiger charge is -2.11. The number of nitrogens with zero attached hydrogens (tertiary/aromatic N) is 4. The Morgan fingerprint density at radius 2 is 2.00 bits per heavy atom. The summed E-state index contributed by atoms with van der Waals surface area (Å²) in [6, 6.07) is 10.7. The van der Waals surface area contributed by atoms with Gasteiger partial charge in [0, 0.05) is 17.5 Å². The number of allylic oxidation sites excluding steroid dienone is 1. The molecular weight excluding hydrogens is 535 g/mol. The fourth-order valence-electron chi connectivity index (χ4n) is 3.41. The maximum Gasteiger partial charge on any atom is 0.416 e. The van der Waals surface area contributed by atoms with Crippen molar-refractivity contribution in [2.45, 2.75) is 38.3 Å². The van der Waals surface area contributed by atoms with Gasteiger partial charge in [-0.2, -0.15) is 13.2 Å². The van der Waals surface area contributed by atoms with Gasteiger partial charge < -0.3 is 10.1 Å². The number of benzene rings is 2. The van der Waals surface area contributed by atoms with Gasteiger partial charge in [-0.05, 0) is 49.2 Å². The van der Waals surface area contributed by atoms with Gasteiger partial charge in [-0.1, -0.05) is 36.0 Å². The van der Waals surface area contributed by atoms with Gasteiger partial charge in [0.05, 0.1) is 17.0 Å². The normalized spacial score (nSPS) is 11.4. The number of thioether (sulfide) groups is 1. The Balaban J connectivity index is 1.36. The molecule has 1 amide bonds. The molecule has 0 unspecified atom stereocenters. The van der Waals surface area contributed by atoms with E-state index in [0.717, 1.165) is 23.4 Å². The van der Waals surface area contributed by atoms with Crippen molar-refractivity contribution in [3.05, 3.63) is 83.0 Å². The van der Waals surface area contributed by atoms with Crippen LogP contribution in [0.5, 0.6) is 5.75 Å². The first kappa shape index (κ1) is 27.4. The third-order valence-electron chi connectivity index (χ3n) is 5.52. The predicted molar refractivity (Wildman–Crippen MR) is 142 cm³/mol. The topological polar surface area (TPSA) is 81.9 Å². The van der Waals surface area contributed by atoms with Crippen molar-refractivity contribution in [1.29, 1.82) is 0 Å². The van der Waals surface area contributed by atoms with Crippen LogP contribution in [0.1, 0.15) is 22.5 Å². The molecule has 0 spiro atoms. The number of amides is 1. The molecule has 2 aromatic carbocycles. The fourth-order valence-corrected chi connectivity index (χ4v) is 4.91. The van der Waals surface area contributed by atoms with E-state index in [2.05, 4.69) is 33.1 Å². The minimum Gasteiger partial charge on any atom is -0.486 e. The highest BCUT2D eigenvalue weighted by Crippen LogP contribution is 2.31. The number of anilines is 1. The SMILES string of the molecule is C=CCn1c(COc2cccc(C(F)(F)F)c2)nnc1SCC(=O)Nc1nc(-c2ccc(C)c(C)c2)cs1. The van der Waals surface area contributed by atoms with Crippen LogP contribution in [0.2, 0.25) is 0 Å². The Kier molecular flexibility index (Phi) is 8.52. The molecule has 0 bridgehead atoms. The van der Waals surface area contributed by atoms with Crippen molar-refractivity contribution in [1.82, 2.24) is 19.7 Å². The van der Waals surface area contributed by atoms with E-state index in [9.17, 15) is 18.0 Å². The van der Waals surface area contributed by atoms with E-state index in [1.807, 2.05) is 31.4 Å². The monoisotopic (exact) mass is 559 g/mol. The second-order valence-corrected chi connectivity index (χ2v) is 10.1. The summed E-state index contributed by atoms with van der Waals surface area (Å²) in [7, 11) is 0. The first-order chi connectivity index (χ1) is 18.1. The average Bonchev–Trinajstić information content (AvgIpc) is 3.50. The first-order valence-electron chi connectivity index (χ1n) is 11.4. The quantitative estimate of drug-likeness (QED) is 0.176. The molecule has 4 aromatic rings. The minimum atomic E-state index is -4.47. The lowest BCUT2D eigenvalue weighted by atomic mass is 10.1. The van der Waals surface area contributed by atoms with E-state index in [0.29, 0.717) is 22.7 Å². The molecule has 0 aliphatic carbocycles. The van der Waals surface area contributed by atoms with Crippen LogP contribution in [0.15, 0.2) is 65.7 Å². The maximum absolute atomic E-state index is 13.0. The number of carbonyl (C=O) groups excluding carboxylic acids is 1. The van der Waals surface area contributed by atoms with Crippen LogP contribution in [0.25, 0.3) is 11.3 Å². The Bertz CT molecular complexity index is 1450. The fraction of sp³-hybridized carbons (Fsp3) is 0.231. The van der Waals surface area contributed by atoms with E-state index in [1.54, 1.807) is 10.6 Å². The summed E-state index contributed by atoms with van der Waals surface area (Å²) in [4.78, 5) is 17.1. The zero-order chi connectivity index (χ0) is 27.3. The Morgan fingerprint density at radius 1 is 1.18 bits per heavy atom. The number of aryl methyl sites for hydroxylation is 2. The number of carbonyl (C=O) groups is 1. The molecule has 0 aliphatic heterocycles. The van der Waals surface area contributed by atoms with E-state index in [1.165, 1.54) is 46.4 Å². The largest absolute Gasteiger partial charge is 0.486 e. The molecule has 1 N–H and O–H groups in total. The van der Waals surface area contributed by atoms with E-state index < -0.39 is 11.7 Å². The number of alkyl halides is 3. The Labute approximate surface area is 225 Å². The summed E-state index contributed by atoms with van der Waals surface area (Å²) < 4.78 is 46.1. The highest BCUT2D eigenvalue weighted by molar-refractivity contribution is 7.99. The minimum absolute atomic E-state index is 0.0579. The molecule has 0 saturated heterocycles. The Morgan fingerprint density at radius 3 is 2.74 bits per heavy atom. The standard InChI is InChI=1S/C26H24F3N5O2S2/c1-4-10-34-22(13-36-20-7-5-6-19(12-20)26(27,28)29)32-33-25(34)38-15-23(35)31-24-30-21(14-37-24)18-9-8-16(2)17(3)11-18/h4-9,11-12,14H,1,10,13,15H2,2-3H3,(H,30,31,35). The highest BCUT2D eigenvalue weighted by atomic mass is 32.2. The molecule has 0 atom stereocenters. The van der Waals surface area contributed by atoms with Crippen molar-refractivity contribution in [3.8, 4) is 17.0 Å². The molecule has 0 aliphatic rings. The summed E-state index contributed by atoms with van der Waals surface area (Å²) in [5.41, 5.74) is 3.34. The van der Waals surface area contributed by atoms with Crippen molar-refractivity contribution >= 4 is 34.1 Å². The number of hydrogen-bond donors (Lipinski definition) is 1. The number of ether oxygens (including phenoxy) is 1. The molecule has 7 nitrogen and oxygen atoms in total. The van der Waals surface area contributed by atoms with Crippen LogP contribution >= 0.6 is 23.1 Å². The highest BCUT2D eigenvalue weighted by Gasteiger charge is 2.30. The van der Waals surface area contributed by atoms with Crippen molar-refractivity contribution < 1.29 is 22.7 Å². The third kappa shape index (κ3) is 6.81. The third-order valence-corrected chi connectivity index (χ3v) is 7.24. The average molecular weight is 560 g/mol. The lowest BCUT2D eigenvalue weighted by molar-refractivity contribution is -0.137. The lowest BCUT2D eigenvalue weighted by Crippen LogP contribution is -2.15. The zero-order valence-corrected chi connectivity index (χ0v) is 22.2. The molecule has 12 heteroatoms. The summed E-state index contributed by atoms with van der Waals surface area (Å²) in [5, 5.41) is 13.9. The number of hydrogen-bond acceptors (Lipinski definition) is 7. The van der Waals surface area contributed by atoms with Gasteiger partial charge in [0.15, 0.2) is 16.1 Å².